The quantitative estimate of drug-likeness (QED) is 0.801. The average molecular weight is 334 g/mol. The maximum Gasteiger partial charge on any atom is 0.222 e. The van der Waals surface area contributed by atoms with Crippen LogP contribution in [0.25, 0.3) is 0 Å². The molecule has 0 N–H and O–H groups in total. The van der Waals surface area contributed by atoms with Gasteiger partial charge in [0.1, 0.15) is 0 Å². The maximum atomic E-state index is 12.0. The third-order valence-corrected chi connectivity index (χ3v) is 6.22. The van der Waals surface area contributed by atoms with Crippen molar-refractivity contribution in [2.75, 3.05) is 18.8 Å². The Bertz CT molecular complexity index is 558. The Morgan fingerprint density at radius 1 is 1.48 bits per heavy atom. The third-order valence-electron chi connectivity index (χ3n) is 4.64. The molecule has 0 aliphatic carbocycles. The maximum absolute atomic E-state index is 12.0. The van der Waals surface area contributed by atoms with Gasteiger partial charge >= 0.3 is 0 Å². The highest BCUT2D eigenvalue weighted by Crippen LogP contribution is 2.46. The molecule has 0 radical (unpaired) electrons. The van der Waals surface area contributed by atoms with Crippen molar-refractivity contribution in [1.29, 1.82) is 0 Å². The number of aryl methyl sites for hydroxylation is 1. The van der Waals surface area contributed by atoms with E-state index in [2.05, 4.69) is 11.9 Å². The fourth-order valence-corrected chi connectivity index (χ4v) is 4.88. The largest absolute Gasteiger partial charge is 0.371 e. The molecule has 3 heterocycles. The van der Waals surface area contributed by atoms with Gasteiger partial charge in [0.15, 0.2) is 0 Å². The zero-order valence-corrected chi connectivity index (χ0v) is 14.9. The molecule has 1 atom stereocenters. The highest BCUT2D eigenvalue weighted by molar-refractivity contribution is 8.01. The summed E-state index contributed by atoms with van der Waals surface area (Å²) in [7, 11) is 0. The zero-order chi connectivity index (χ0) is 16.3. The number of rotatable bonds is 6. The number of hydrogen-bond donors (Lipinski definition) is 0. The van der Waals surface area contributed by atoms with Crippen LogP contribution in [0, 0.1) is 6.92 Å². The van der Waals surface area contributed by atoms with Crippen LogP contribution in [0.15, 0.2) is 18.2 Å². The summed E-state index contributed by atoms with van der Waals surface area (Å²) < 4.78 is 6.31. The van der Waals surface area contributed by atoms with E-state index in [-0.39, 0.29) is 10.9 Å². The van der Waals surface area contributed by atoms with Crippen LogP contribution in [0.1, 0.15) is 44.0 Å². The summed E-state index contributed by atoms with van der Waals surface area (Å²) >= 11 is 1.98. The van der Waals surface area contributed by atoms with Crippen molar-refractivity contribution in [3.8, 4) is 0 Å². The molecule has 1 spiro atoms. The highest BCUT2D eigenvalue weighted by atomic mass is 32.2. The molecule has 0 unspecified atom stereocenters. The van der Waals surface area contributed by atoms with Gasteiger partial charge in [-0.1, -0.05) is 19.4 Å². The summed E-state index contributed by atoms with van der Waals surface area (Å²) in [4.78, 5) is 18.5. The predicted molar refractivity (Wildman–Crippen MR) is 93.5 cm³/mol. The third kappa shape index (κ3) is 4.07. The first-order chi connectivity index (χ1) is 11.1. The Hall–Kier alpha value is -1.07. The van der Waals surface area contributed by atoms with E-state index in [1.165, 1.54) is 0 Å². The molecule has 2 saturated heterocycles. The van der Waals surface area contributed by atoms with Gasteiger partial charge in [0.2, 0.25) is 5.91 Å². The standard InChI is InChI=1S/C18H26N2O2S/c1-3-4-8-17(21)20-12-18(13-20)9-16(11-23-18)22-10-15-7-5-6-14(2)19-15/h5-7,16H,3-4,8-13H2,1-2H3/t16-/m1/s1. The molecule has 2 aliphatic rings. The molecule has 5 heteroatoms. The number of thioether (sulfide) groups is 1. The average Bonchev–Trinajstić information content (AvgIpc) is 2.94. The van der Waals surface area contributed by atoms with E-state index in [0.717, 1.165) is 49.5 Å². The first-order valence-electron chi connectivity index (χ1n) is 8.56. The van der Waals surface area contributed by atoms with Crippen molar-refractivity contribution < 1.29 is 9.53 Å². The molecule has 23 heavy (non-hydrogen) atoms. The predicted octanol–water partition coefficient (Wildman–Crippen LogP) is 3.18. The van der Waals surface area contributed by atoms with E-state index >= 15 is 0 Å². The topological polar surface area (TPSA) is 42.4 Å². The van der Waals surface area contributed by atoms with Gasteiger partial charge in [-0.05, 0) is 31.9 Å². The molecule has 1 amide bonds. The lowest BCUT2D eigenvalue weighted by Gasteiger charge is -2.47. The van der Waals surface area contributed by atoms with Crippen LogP contribution < -0.4 is 0 Å². The number of aromatic nitrogens is 1. The minimum atomic E-state index is 0.257. The number of likely N-dealkylation sites (tertiary alicyclic amines) is 1. The van der Waals surface area contributed by atoms with Gasteiger partial charge in [-0.3, -0.25) is 9.78 Å². The molecule has 2 aliphatic heterocycles. The van der Waals surface area contributed by atoms with Crippen molar-refractivity contribution in [2.45, 2.75) is 57.0 Å². The fourth-order valence-electron chi connectivity index (χ4n) is 3.32. The van der Waals surface area contributed by atoms with Gasteiger partial charge in [-0.2, -0.15) is 0 Å². The number of nitrogens with zero attached hydrogens (tertiary/aromatic N) is 2. The molecule has 2 fully saturated rings. The Balaban J connectivity index is 1.42. The van der Waals surface area contributed by atoms with E-state index in [4.69, 9.17) is 4.74 Å². The van der Waals surface area contributed by atoms with Crippen molar-refractivity contribution >= 4 is 17.7 Å². The normalized spacial score (nSPS) is 22.3. The minimum Gasteiger partial charge on any atom is -0.371 e. The van der Waals surface area contributed by atoms with E-state index in [1.54, 1.807) is 0 Å². The highest BCUT2D eigenvalue weighted by Gasteiger charge is 2.50. The minimum absolute atomic E-state index is 0.257. The first kappa shape index (κ1) is 16.8. The summed E-state index contributed by atoms with van der Waals surface area (Å²) in [5.74, 6) is 1.36. The molecule has 0 bridgehead atoms. The second-order valence-electron chi connectivity index (χ2n) is 6.75. The van der Waals surface area contributed by atoms with Crippen molar-refractivity contribution in [3.05, 3.63) is 29.6 Å². The number of hydrogen-bond acceptors (Lipinski definition) is 4. The number of carbonyl (C=O) groups is 1. The molecule has 0 saturated carbocycles. The summed E-state index contributed by atoms with van der Waals surface area (Å²) in [6.45, 7) is 6.53. The smallest absolute Gasteiger partial charge is 0.222 e. The monoisotopic (exact) mass is 334 g/mol. The van der Waals surface area contributed by atoms with Crippen LogP contribution in [0.2, 0.25) is 0 Å². The van der Waals surface area contributed by atoms with Gasteiger partial charge in [0.05, 0.1) is 23.2 Å². The number of carbonyl (C=O) groups excluding carboxylic acids is 1. The lowest BCUT2D eigenvalue weighted by Crippen LogP contribution is -2.60. The van der Waals surface area contributed by atoms with E-state index < -0.39 is 0 Å². The van der Waals surface area contributed by atoms with Crippen LogP contribution in [0.4, 0.5) is 0 Å². The molecule has 0 aromatic carbocycles. The lowest BCUT2D eigenvalue weighted by molar-refractivity contribution is -0.136. The summed E-state index contributed by atoms with van der Waals surface area (Å²) in [5.41, 5.74) is 2.03. The lowest BCUT2D eigenvalue weighted by atomic mass is 9.92. The fraction of sp³-hybridized carbons (Fsp3) is 0.667. The van der Waals surface area contributed by atoms with Gasteiger partial charge in [-0.15, -0.1) is 11.8 Å². The van der Waals surface area contributed by atoms with E-state index in [0.29, 0.717) is 18.9 Å². The Labute approximate surface area is 143 Å². The van der Waals surface area contributed by atoms with Crippen LogP contribution in [0.5, 0.6) is 0 Å². The molecular formula is C18H26N2O2S. The summed E-state index contributed by atoms with van der Waals surface area (Å²) in [5, 5.41) is 0. The first-order valence-corrected chi connectivity index (χ1v) is 9.55. The van der Waals surface area contributed by atoms with Crippen molar-refractivity contribution in [2.24, 2.45) is 0 Å². The molecular weight excluding hydrogens is 308 g/mol. The number of amides is 1. The Morgan fingerprint density at radius 2 is 2.30 bits per heavy atom. The second kappa shape index (κ2) is 7.22. The molecule has 3 rings (SSSR count). The molecule has 1 aromatic heterocycles. The molecule has 126 valence electrons. The van der Waals surface area contributed by atoms with Crippen LogP contribution in [-0.4, -0.2) is 45.5 Å². The molecule has 4 nitrogen and oxygen atoms in total. The van der Waals surface area contributed by atoms with Crippen LogP contribution in [0.3, 0.4) is 0 Å². The summed E-state index contributed by atoms with van der Waals surface area (Å²) in [6.07, 6.45) is 4.14. The Kier molecular flexibility index (Phi) is 5.27. The number of ether oxygens (including phenoxy) is 1. The van der Waals surface area contributed by atoms with E-state index in [9.17, 15) is 4.79 Å². The van der Waals surface area contributed by atoms with Crippen molar-refractivity contribution in [1.82, 2.24) is 9.88 Å². The van der Waals surface area contributed by atoms with Gasteiger partial charge in [-0.25, -0.2) is 0 Å². The van der Waals surface area contributed by atoms with Gasteiger partial charge in [0, 0.05) is 31.0 Å². The van der Waals surface area contributed by atoms with Crippen LogP contribution in [-0.2, 0) is 16.1 Å². The number of pyridine rings is 1. The second-order valence-corrected chi connectivity index (χ2v) is 8.24. The van der Waals surface area contributed by atoms with Crippen molar-refractivity contribution in [3.63, 3.8) is 0 Å². The van der Waals surface area contributed by atoms with Crippen LogP contribution >= 0.6 is 11.8 Å². The molecule has 1 aromatic rings. The SMILES string of the molecule is CCCCC(=O)N1CC2(C[C@@H](OCc3cccc(C)n3)CS2)C1. The van der Waals surface area contributed by atoms with Gasteiger partial charge < -0.3 is 9.64 Å². The summed E-state index contributed by atoms with van der Waals surface area (Å²) in [6, 6.07) is 6.04. The van der Waals surface area contributed by atoms with E-state index in [1.807, 2.05) is 41.8 Å². The number of unbranched alkanes of at least 4 members (excludes halogenated alkanes) is 1. The van der Waals surface area contributed by atoms with Gasteiger partial charge in [0.25, 0.3) is 0 Å². The Morgan fingerprint density at radius 3 is 3.04 bits per heavy atom. The zero-order valence-electron chi connectivity index (χ0n) is 14.1.